The molecule has 5 heteroatoms. The van der Waals surface area contributed by atoms with E-state index in [1.54, 1.807) is 7.11 Å². The summed E-state index contributed by atoms with van der Waals surface area (Å²) in [7, 11) is 1.67. The summed E-state index contributed by atoms with van der Waals surface area (Å²) in [5.41, 5.74) is -0.234. The third-order valence-corrected chi connectivity index (χ3v) is 4.62. The Morgan fingerprint density at radius 1 is 1.26 bits per heavy atom. The molecule has 2 aliphatic carbocycles. The number of carboxylic acid groups (broad SMARTS) is 1. The third kappa shape index (κ3) is 3.47. The standard InChI is InChI=1S/C14H23NO4/c1-19-14(7-2-8-14)9-12(16)15-11-5-3-10(4-6-11)13(17)18/h10-11H,2-9H2,1H3,(H,15,16)(H,17,18). The van der Waals surface area contributed by atoms with Crippen molar-refractivity contribution in [3.05, 3.63) is 0 Å². The zero-order valence-electron chi connectivity index (χ0n) is 11.5. The van der Waals surface area contributed by atoms with Crippen molar-refractivity contribution in [1.29, 1.82) is 0 Å². The highest BCUT2D eigenvalue weighted by molar-refractivity contribution is 5.77. The van der Waals surface area contributed by atoms with Crippen molar-refractivity contribution in [2.45, 2.75) is 63.0 Å². The summed E-state index contributed by atoms with van der Waals surface area (Å²) in [6.45, 7) is 0. The molecule has 0 aromatic rings. The first-order valence-electron chi connectivity index (χ1n) is 7.12. The predicted molar refractivity (Wildman–Crippen MR) is 69.7 cm³/mol. The lowest BCUT2D eigenvalue weighted by Gasteiger charge is -2.40. The van der Waals surface area contributed by atoms with Gasteiger partial charge >= 0.3 is 5.97 Å². The minimum absolute atomic E-state index is 0.0420. The SMILES string of the molecule is COC1(CC(=O)NC2CCC(C(=O)O)CC2)CCC1. The Labute approximate surface area is 113 Å². The van der Waals surface area contributed by atoms with E-state index in [0.29, 0.717) is 19.3 Å². The predicted octanol–water partition coefficient (Wildman–Crippen LogP) is 1.71. The molecular weight excluding hydrogens is 246 g/mol. The van der Waals surface area contributed by atoms with Gasteiger partial charge in [0.15, 0.2) is 0 Å². The van der Waals surface area contributed by atoms with Crippen LogP contribution in [0.1, 0.15) is 51.4 Å². The molecule has 0 aromatic carbocycles. The first kappa shape index (κ1) is 14.3. The van der Waals surface area contributed by atoms with Crippen LogP contribution in [0.2, 0.25) is 0 Å². The van der Waals surface area contributed by atoms with Gasteiger partial charge in [-0.3, -0.25) is 9.59 Å². The normalized spacial score (nSPS) is 29.3. The Balaban J connectivity index is 1.73. The highest BCUT2D eigenvalue weighted by Crippen LogP contribution is 2.38. The van der Waals surface area contributed by atoms with Gasteiger partial charge in [-0.05, 0) is 44.9 Å². The van der Waals surface area contributed by atoms with Gasteiger partial charge in [-0.15, -0.1) is 0 Å². The van der Waals surface area contributed by atoms with Gasteiger partial charge in [-0.1, -0.05) is 0 Å². The molecule has 0 aromatic heterocycles. The third-order valence-electron chi connectivity index (χ3n) is 4.62. The van der Waals surface area contributed by atoms with Crippen molar-refractivity contribution in [2.24, 2.45) is 5.92 Å². The second-order valence-corrected chi connectivity index (χ2v) is 5.87. The lowest BCUT2D eigenvalue weighted by molar-refractivity contribution is -0.142. The van der Waals surface area contributed by atoms with Gasteiger partial charge in [0.05, 0.1) is 17.9 Å². The van der Waals surface area contributed by atoms with Gasteiger partial charge < -0.3 is 15.2 Å². The molecule has 2 saturated carbocycles. The molecule has 2 fully saturated rings. The molecule has 0 spiro atoms. The van der Waals surface area contributed by atoms with Crippen LogP contribution in [0, 0.1) is 5.92 Å². The summed E-state index contributed by atoms with van der Waals surface area (Å²) in [6, 6.07) is 0.136. The van der Waals surface area contributed by atoms with Crippen molar-refractivity contribution in [2.75, 3.05) is 7.11 Å². The number of rotatable bonds is 5. The van der Waals surface area contributed by atoms with Crippen molar-refractivity contribution in [1.82, 2.24) is 5.32 Å². The van der Waals surface area contributed by atoms with Crippen molar-refractivity contribution < 1.29 is 19.4 Å². The molecular formula is C14H23NO4. The van der Waals surface area contributed by atoms with Crippen LogP contribution in [-0.2, 0) is 14.3 Å². The lowest BCUT2D eigenvalue weighted by Crippen LogP contribution is -2.46. The summed E-state index contributed by atoms with van der Waals surface area (Å²) < 4.78 is 5.44. The second-order valence-electron chi connectivity index (χ2n) is 5.87. The van der Waals surface area contributed by atoms with Gasteiger partial charge in [0.1, 0.15) is 0 Å². The van der Waals surface area contributed by atoms with Crippen LogP contribution in [0.15, 0.2) is 0 Å². The maximum absolute atomic E-state index is 12.0. The van der Waals surface area contributed by atoms with E-state index in [0.717, 1.165) is 32.1 Å². The Kier molecular flexibility index (Phi) is 4.45. The molecule has 2 rings (SSSR count). The maximum Gasteiger partial charge on any atom is 0.306 e. The fourth-order valence-corrected chi connectivity index (χ4v) is 3.08. The van der Waals surface area contributed by atoms with Crippen LogP contribution < -0.4 is 5.32 Å². The van der Waals surface area contributed by atoms with E-state index in [1.165, 1.54) is 0 Å². The molecule has 5 nitrogen and oxygen atoms in total. The summed E-state index contributed by atoms with van der Waals surface area (Å²) in [5.74, 6) is -0.900. The summed E-state index contributed by atoms with van der Waals surface area (Å²) in [5, 5.41) is 12.0. The molecule has 0 heterocycles. The van der Waals surface area contributed by atoms with Crippen molar-refractivity contribution >= 4 is 11.9 Å². The molecule has 0 bridgehead atoms. The minimum atomic E-state index is -0.711. The van der Waals surface area contributed by atoms with E-state index in [4.69, 9.17) is 9.84 Å². The zero-order valence-corrected chi connectivity index (χ0v) is 11.5. The van der Waals surface area contributed by atoms with Crippen molar-refractivity contribution in [3.8, 4) is 0 Å². The summed E-state index contributed by atoms with van der Waals surface area (Å²) in [4.78, 5) is 22.8. The number of methoxy groups -OCH3 is 1. The fraction of sp³-hybridized carbons (Fsp3) is 0.857. The van der Waals surface area contributed by atoms with E-state index < -0.39 is 5.97 Å². The molecule has 2 aliphatic rings. The number of aliphatic carboxylic acids is 1. The molecule has 0 radical (unpaired) electrons. The molecule has 0 unspecified atom stereocenters. The smallest absolute Gasteiger partial charge is 0.306 e. The number of amides is 1. The van der Waals surface area contributed by atoms with E-state index in [9.17, 15) is 9.59 Å². The maximum atomic E-state index is 12.0. The Hall–Kier alpha value is -1.10. The number of carbonyl (C=O) groups is 2. The van der Waals surface area contributed by atoms with Crippen molar-refractivity contribution in [3.63, 3.8) is 0 Å². The highest BCUT2D eigenvalue weighted by atomic mass is 16.5. The monoisotopic (exact) mass is 269 g/mol. The molecule has 19 heavy (non-hydrogen) atoms. The zero-order chi connectivity index (χ0) is 13.9. The van der Waals surface area contributed by atoms with E-state index in [1.807, 2.05) is 0 Å². The van der Waals surface area contributed by atoms with Crippen LogP contribution in [0.4, 0.5) is 0 Å². The number of hydrogen-bond donors (Lipinski definition) is 2. The molecule has 0 saturated heterocycles. The first-order valence-corrected chi connectivity index (χ1v) is 7.12. The van der Waals surface area contributed by atoms with E-state index in [2.05, 4.69) is 5.32 Å². The van der Waals surface area contributed by atoms with Crippen LogP contribution in [0.25, 0.3) is 0 Å². The number of carbonyl (C=O) groups excluding carboxylic acids is 1. The van der Waals surface area contributed by atoms with Gasteiger partial charge in [0.2, 0.25) is 5.91 Å². The lowest BCUT2D eigenvalue weighted by atomic mass is 9.77. The fourth-order valence-electron chi connectivity index (χ4n) is 3.08. The van der Waals surface area contributed by atoms with Crippen LogP contribution >= 0.6 is 0 Å². The Morgan fingerprint density at radius 3 is 2.32 bits per heavy atom. The minimum Gasteiger partial charge on any atom is -0.481 e. The molecule has 2 N–H and O–H groups in total. The van der Waals surface area contributed by atoms with Gasteiger partial charge in [0, 0.05) is 13.2 Å². The van der Waals surface area contributed by atoms with E-state index in [-0.39, 0.29) is 23.5 Å². The quantitative estimate of drug-likeness (QED) is 0.796. The largest absolute Gasteiger partial charge is 0.481 e. The highest BCUT2D eigenvalue weighted by Gasteiger charge is 2.39. The Bertz CT molecular complexity index is 338. The van der Waals surface area contributed by atoms with Gasteiger partial charge in [0.25, 0.3) is 0 Å². The van der Waals surface area contributed by atoms with Gasteiger partial charge in [-0.25, -0.2) is 0 Å². The average molecular weight is 269 g/mol. The van der Waals surface area contributed by atoms with E-state index >= 15 is 0 Å². The van der Waals surface area contributed by atoms with Crippen LogP contribution in [0.3, 0.4) is 0 Å². The van der Waals surface area contributed by atoms with Gasteiger partial charge in [-0.2, -0.15) is 0 Å². The second kappa shape index (κ2) is 5.90. The number of ether oxygens (including phenoxy) is 1. The number of hydrogen-bond acceptors (Lipinski definition) is 3. The van der Waals surface area contributed by atoms with Crippen LogP contribution in [0.5, 0.6) is 0 Å². The molecule has 108 valence electrons. The summed E-state index contributed by atoms with van der Waals surface area (Å²) >= 11 is 0. The topological polar surface area (TPSA) is 75.6 Å². The summed E-state index contributed by atoms with van der Waals surface area (Å²) in [6.07, 6.45) is 6.34. The molecule has 0 aliphatic heterocycles. The first-order chi connectivity index (χ1) is 9.04. The number of nitrogens with one attached hydrogen (secondary N) is 1. The molecule has 1 amide bonds. The average Bonchev–Trinajstić information content (AvgIpc) is 2.34. The van der Waals surface area contributed by atoms with Crippen LogP contribution in [-0.4, -0.2) is 35.7 Å². The molecule has 0 atom stereocenters. The number of carboxylic acids is 1. The Morgan fingerprint density at radius 2 is 1.89 bits per heavy atom.